The quantitative estimate of drug-likeness (QED) is 0.106. The molecule has 0 aliphatic heterocycles. The molecule has 0 radical (unpaired) electrons. The summed E-state index contributed by atoms with van der Waals surface area (Å²) in [5, 5.41) is 5.23. The SMILES string of the molecule is CCC(CC(CC(C)n1c2ccccc2c2ccccc21)c1ccc(-c2cc(C)c(-n3c4ccccc4c4ccccc43)cc2C)cc1)c1ccc(-c2ccc(N(c3ccc(C)cc3)c3ccc(C)cc3)cc2)cc1. The second-order valence-corrected chi connectivity index (χ2v) is 21.1. The summed E-state index contributed by atoms with van der Waals surface area (Å²) in [5.41, 5.74) is 22.6. The Balaban J connectivity index is 0.850. The number of rotatable bonds is 14. The molecular weight excluding hydrogens is 907 g/mol. The van der Waals surface area contributed by atoms with Crippen LogP contribution in [0.1, 0.15) is 84.4 Å². The minimum Gasteiger partial charge on any atom is -0.338 e. The average Bonchev–Trinajstić information content (AvgIpc) is 3.97. The summed E-state index contributed by atoms with van der Waals surface area (Å²) < 4.78 is 5.06. The van der Waals surface area contributed by atoms with E-state index in [0.29, 0.717) is 11.8 Å². The molecule has 0 aliphatic carbocycles. The maximum Gasteiger partial charge on any atom is 0.0541 e. The van der Waals surface area contributed by atoms with Gasteiger partial charge in [-0.2, -0.15) is 0 Å². The predicted octanol–water partition coefficient (Wildman–Crippen LogP) is 20.2. The van der Waals surface area contributed by atoms with Crippen molar-refractivity contribution in [2.75, 3.05) is 4.90 Å². The van der Waals surface area contributed by atoms with Crippen molar-refractivity contribution in [3.63, 3.8) is 0 Å². The lowest BCUT2D eigenvalue weighted by Gasteiger charge is -2.28. The van der Waals surface area contributed by atoms with Crippen molar-refractivity contribution in [2.45, 2.75) is 78.7 Å². The van der Waals surface area contributed by atoms with Gasteiger partial charge in [0, 0.05) is 61.4 Å². The van der Waals surface area contributed by atoms with Crippen LogP contribution >= 0.6 is 0 Å². The molecule has 12 aromatic rings. The van der Waals surface area contributed by atoms with Crippen molar-refractivity contribution in [1.82, 2.24) is 9.13 Å². The summed E-state index contributed by atoms with van der Waals surface area (Å²) in [6.45, 7) is 13.6. The Kier molecular flexibility index (Phi) is 12.8. The minimum absolute atomic E-state index is 0.272. The summed E-state index contributed by atoms with van der Waals surface area (Å²) in [7, 11) is 0. The van der Waals surface area contributed by atoms with Crippen molar-refractivity contribution in [3.05, 3.63) is 264 Å². The van der Waals surface area contributed by atoms with E-state index in [-0.39, 0.29) is 6.04 Å². The van der Waals surface area contributed by atoms with Crippen LogP contribution in [0.15, 0.2) is 231 Å². The highest BCUT2D eigenvalue weighted by molar-refractivity contribution is 6.10. The molecule has 12 rings (SSSR count). The molecule has 3 unspecified atom stereocenters. The third-order valence-corrected chi connectivity index (χ3v) is 16.2. The van der Waals surface area contributed by atoms with Crippen molar-refractivity contribution < 1.29 is 0 Å². The molecular formula is C72H65N3. The van der Waals surface area contributed by atoms with Crippen molar-refractivity contribution in [3.8, 4) is 27.9 Å². The van der Waals surface area contributed by atoms with Gasteiger partial charge in [0.2, 0.25) is 0 Å². The van der Waals surface area contributed by atoms with Gasteiger partial charge in [0.25, 0.3) is 0 Å². The fraction of sp³-hybridized carbons (Fsp3) is 0.167. The van der Waals surface area contributed by atoms with Gasteiger partial charge < -0.3 is 14.0 Å². The Hall–Kier alpha value is -8.40. The van der Waals surface area contributed by atoms with Crippen LogP contribution in [-0.2, 0) is 0 Å². The molecule has 0 fully saturated rings. The molecule has 3 nitrogen and oxygen atoms in total. The lowest BCUT2D eigenvalue weighted by atomic mass is 9.80. The summed E-state index contributed by atoms with van der Waals surface area (Å²) in [6, 6.07) is 86.4. The standard InChI is InChI=1S/C72H65N3/c1-7-53(54-28-30-55(31-29-54)56-36-42-62(43-37-56)74(60-38-24-48(2)25-39-60)61-40-26-49(3)27-41-61)47-59(46-52(6)73-68-20-12-8-16-63(68)64-17-9-13-21-69(64)73)57-32-34-58(35-33-57)67-44-51(5)72(45-50(67)4)75-70-22-14-10-18-65(70)66-19-11-15-23-71(66)75/h8-45,52-53,59H,7,46-47H2,1-6H3. The van der Waals surface area contributed by atoms with Crippen LogP contribution in [0.3, 0.4) is 0 Å². The number of aryl methyl sites for hydroxylation is 4. The highest BCUT2D eigenvalue weighted by Gasteiger charge is 2.25. The highest BCUT2D eigenvalue weighted by Crippen LogP contribution is 2.43. The van der Waals surface area contributed by atoms with E-state index in [4.69, 9.17) is 0 Å². The van der Waals surface area contributed by atoms with E-state index >= 15 is 0 Å². The van der Waals surface area contributed by atoms with Crippen molar-refractivity contribution >= 4 is 60.7 Å². The van der Waals surface area contributed by atoms with Crippen LogP contribution in [0, 0.1) is 27.7 Å². The van der Waals surface area contributed by atoms with Gasteiger partial charge in [-0.3, -0.25) is 0 Å². The van der Waals surface area contributed by atoms with E-state index in [2.05, 4.69) is 286 Å². The molecule has 2 aromatic heterocycles. The molecule has 0 saturated carbocycles. The summed E-state index contributed by atoms with van der Waals surface area (Å²) in [5.74, 6) is 0.726. The molecule has 0 aliphatic rings. The van der Waals surface area contributed by atoms with E-state index in [1.165, 1.54) is 105 Å². The van der Waals surface area contributed by atoms with Crippen LogP contribution in [0.4, 0.5) is 17.1 Å². The molecule has 0 N–H and O–H groups in total. The molecule has 0 saturated heterocycles. The van der Waals surface area contributed by atoms with Crippen LogP contribution in [0.25, 0.3) is 71.6 Å². The number of anilines is 3. The Bertz CT molecular complexity index is 3810. The molecule has 368 valence electrons. The van der Waals surface area contributed by atoms with Crippen LogP contribution in [0.2, 0.25) is 0 Å². The summed E-state index contributed by atoms with van der Waals surface area (Å²) >= 11 is 0. The molecule has 2 heterocycles. The van der Waals surface area contributed by atoms with Gasteiger partial charge in [-0.1, -0.05) is 176 Å². The lowest BCUT2D eigenvalue weighted by molar-refractivity contribution is 0.422. The van der Waals surface area contributed by atoms with Gasteiger partial charge in [-0.05, 0) is 183 Å². The van der Waals surface area contributed by atoms with Crippen LogP contribution in [-0.4, -0.2) is 9.13 Å². The zero-order valence-electron chi connectivity index (χ0n) is 44.1. The maximum absolute atomic E-state index is 2.61. The van der Waals surface area contributed by atoms with Gasteiger partial charge in [0.15, 0.2) is 0 Å². The van der Waals surface area contributed by atoms with Gasteiger partial charge in [-0.25, -0.2) is 0 Å². The van der Waals surface area contributed by atoms with Gasteiger partial charge in [-0.15, -0.1) is 0 Å². The normalized spacial score (nSPS) is 12.9. The van der Waals surface area contributed by atoms with Crippen LogP contribution < -0.4 is 4.90 Å². The first kappa shape index (κ1) is 47.6. The molecule has 0 bridgehead atoms. The zero-order chi connectivity index (χ0) is 51.2. The fourth-order valence-corrected chi connectivity index (χ4v) is 12.3. The van der Waals surface area contributed by atoms with E-state index in [1.54, 1.807) is 0 Å². The number of hydrogen-bond donors (Lipinski definition) is 0. The van der Waals surface area contributed by atoms with Gasteiger partial charge in [0.05, 0.1) is 11.0 Å². The summed E-state index contributed by atoms with van der Waals surface area (Å²) in [4.78, 5) is 2.34. The molecule has 3 atom stereocenters. The Morgan fingerprint density at radius 3 is 1.27 bits per heavy atom. The lowest BCUT2D eigenvalue weighted by Crippen LogP contribution is -2.13. The van der Waals surface area contributed by atoms with E-state index in [0.717, 1.165) is 36.3 Å². The second-order valence-electron chi connectivity index (χ2n) is 21.1. The average molecular weight is 972 g/mol. The molecule has 10 aromatic carbocycles. The first-order chi connectivity index (χ1) is 36.7. The Morgan fingerprint density at radius 1 is 0.387 bits per heavy atom. The first-order valence-electron chi connectivity index (χ1n) is 27.0. The van der Waals surface area contributed by atoms with Gasteiger partial charge in [0.1, 0.15) is 0 Å². The number of benzene rings is 10. The number of aromatic nitrogens is 2. The van der Waals surface area contributed by atoms with E-state index in [9.17, 15) is 0 Å². The predicted molar refractivity (Wildman–Crippen MR) is 321 cm³/mol. The number of nitrogens with zero attached hydrogens (tertiary/aromatic N) is 3. The Morgan fingerprint density at radius 2 is 0.787 bits per heavy atom. The highest BCUT2D eigenvalue weighted by atomic mass is 15.1. The van der Waals surface area contributed by atoms with Gasteiger partial charge >= 0.3 is 0 Å². The molecule has 75 heavy (non-hydrogen) atoms. The second kappa shape index (κ2) is 20.1. The first-order valence-corrected chi connectivity index (χ1v) is 27.0. The van der Waals surface area contributed by atoms with E-state index in [1.807, 2.05) is 0 Å². The number of para-hydroxylation sites is 4. The topological polar surface area (TPSA) is 13.1 Å². The Labute approximate surface area is 443 Å². The smallest absolute Gasteiger partial charge is 0.0541 e. The minimum atomic E-state index is 0.272. The monoisotopic (exact) mass is 972 g/mol. The third-order valence-electron chi connectivity index (χ3n) is 16.2. The maximum atomic E-state index is 2.61. The van der Waals surface area contributed by atoms with Crippen molar-refractivity contribution in [1.29, 1.82) is 0 Å². The molecule has 0 spiro atoms. The zero-order valence-corrected chi connectivity index (χ0v) is 44.1. The number of hydrogen-bond acceptors (Lipinski definition) is 1. The third kappa shape index (κ3) is 9.01. The van der Waals surface area contributed by atoms with E-state index < -0.39 is 0 Å². The van der Waals surface area contributed by atoms with Crippen LogP contribution in [0.5, 0.6) is 0 Å². The largest absolute Gasteiger partial charge is 0.338 e. The molecule has 0 amide bonds. The fourth-order valence-electron chi connectivity index (χ4n) is 12.3. The van der Waals surface area contributed by atoms with Crippen molar-refractivity contribution in [2.24, 2.45) is 0 Å². The summed E-state index contributed by atoms with van der Waals surface area (Å²) in [6.07, 6.45) is 3.15. The molecule has 3 heteroatoms. The number of fused-ring (bicyclic) bond motifs is 6.